The van der Waals surface area contributed by atoms with Crippen LogP contribution < -0.4 is 0 Å². The molecule has 0 aromatic carbocycles. The Labute approximate surface area is 66.1 Å². The van der Waals surface area contributed by atoms with Crippen LogP contribution in [0.5, 0.6) is 0 Å². The zero-order valence-corrected chi connectivity index (χ0v) is 6.63. The number of aliphatic hydroxyl groups is 2. The molecule has 0 aromatic rings. The average molecular weight is 152 g/mol. The molecule has 0 spiro atoms. The smallest absolute Gasteiger partial charge is 1.00 e. The molecule has 0 fully saturated rings. The summed E-state index contributed by atoms with van der Waals surface area (Å²) in [6.45, 7) is 0. The monoisotopic (exact) mass is 152 g/mol. The third-order valence-electron chi connectivity index (χ3n) is 0.442. The van der Waals surface area contributed by atoms with Crippen molar-refractivity contribution < 1.29 is 22.5 Å². The molecule has 4 nitrogen and oxygen atoms in total. The Morgan fingerprint density at radius 3 is 1.62 bits per heavy atom. The fraction of sp³-hybridized carbons (Fsp3) is 1.00. The molecule has 0 aliphatic rings. The van der Waals surface area contributed by atoms with E-state index in [4.69, 9.17) is 15.1 Å². The van der Waals surface area contributed by atoms with Gasteiger partial charge in [0, 0.05) is 0 Å². The second kappa shape index (κ2) is 4.73. The Kier molecular flexibility index (Phi) is 6.88. The first-order valence-corrected chi connectivity index (χ1v) is 3.68. The maximum Gasteiger partial charge on any atom is 2.00 e. The summed E-state index contributed by atoms with van der Waals surface area (Å²) in [6, 6.07) is 0. The number of rotatable bonds is 2. The third-order valence-corrected chi connectivity index (χ3v) is 1.33. The molecule has 0 atom stereocenters. The van der Waals surface area contributed by atoms with Crippen molar-refractivity contribution in [2.45, 2.75) is 0 Å². The van der Waals surface area contributed by atoms with Gasteiger partial charge in [-0.2, -0.15) is 0 Å². The van der Waals surface area contributed by atoms with Crippen LogP contribution in [0.2, 0.25) is 0 Å². The van der Waals surface area contributed by atoms with Crippen molar-refractivity contribution >= 4 is 30.4 Å². The van der Waals surface area contributed by atoms with Gasteiger partial charge in [0.15, 0.2) is 0 Å². The molecule has 0 saturated heterocycles. The molecule has 0 rings (SSSR count). The van der Waals surface area contributed by atoms with Crippen molar-refractivity contribution in [3.05, 3.63) is 0 Å². The quantitative estimate of drug-likeness (QED) is 0.350. The van der Waals surface area contributed by atoms with Crippen LogP contribution in [0.25, 0.3) is 0 Å². The predicted molar refractivity (Wildman–Crippen MR) is 32.0 cm³/mol. The first-order valence-electron chi connectivity index (χ1n) is 1.65. The summed E-state index contributed by atoms with van der Waals surface area (Å²) in [5.74, 6) is 0. The summed E-state index contributed by atoms with van der Waals surface area (Å²) in [5, 5.41) is 15.8. The Morgan fingerprint density at radius 2 is 1.62 bits per heavy atom. The molecule has 0 amide bonds. The van der Waals surface area contributed by atoms with Crippen molar-refractivity contribution in [1.29, 1.82) is 0 Å². The molecule has 3 N–H and O–H groups in total. The minimum Gasteiger partial charge on any atom is -1.00 e. The summed E-state index contributed by atoms with van der Waals surface area (Å²) in [6.07, 6.45) is -1.69. The predicted octanol–water partition coefficient (Wildman–Crippen LogP) is -0.999. The van der Waals surface area contributed by atoms with Gasteiger partial charge in [0.1, 0.15) is 12.7 Å². The normalized spacial score (nSPS) is 10.4. The van der Waals surface area contributed by atoms with Gasteiger partial charge in [-0.1, -0.05) is 0 Å². The summed E-state index contributed by atoms with van der Waals surface area (Å²) in [5.41, 5.74) is 0. The summed E-state index contributed by atoms with van der Waals surface area (Å²) in [7, 11) is -3.54. The van der Waals surface area contributed by atoms with Crippen molar-refractivity contribution in [1.82, 2.24) is 0 Å². The van der Waals surface area contributed by atoms with E-state index in [1.807, 2.05) is 0 Å². The largest absolute Gasteiger partial charge is 2.00 e. The topological polar surface area (TPSA) is 77.8 Å². The van der Waals surface area contributed by atoms with Crippen molar-refractivity contribution in [2.24, 2.45) is 0 Å². The molecule has 48 valence electrons. The zero-order chi connectivity index (χ0) is 5.91. The van der Waals surface area contributed by atoms with Crippen LogP contribution in [0.3, 0.4) is 0 Å². The van der Waals surface area contributed by atoms with Crippen LogP contribution >= 0.6 is 7.37 Å². The van der Waals surface area contributed by atoms with Gasteiger partial charge in [0.05, 0.1) is 0 Å². The van der Waals surface area contributed by atoms with E-state index in [9.17, 15) is 4.57 Å². The Bertz CT molecular complexity index is 93.3. The van der Waals surface area contributed by atoms with Crippen molar-refractivity contribution in [2.75, 3.05) is 12.7 Å². The molecule has 0 saturated carbocycles. The fourth-order valence-electron chi connectivity index (χ4n) is 0.0447. The summed E-state index contributed by atoms with van der Waals surface area (Å²) < 4.78 is 10.0. The Morgan fingerprint density at radius 1 is 1.38 bits per heavy atom. The van der Waals surface area contributed by atoms with E-state index >= 15 is 0 Å². The van der Waals surface area contributed by atoms with E-state index in [2.05, 4.69) is 0 Å². The SMILES string of the molecule is O=P(O)(CO)CO.[H-].[H-].[Mg+2]. The molecule has 0 heterocycles. The van der Waals surface area contributed by atoms with Gasteiger partial charge in [-0.15, -0.1) is 0 Å². The van der Waals surface area contributed by atoms with E-state index in [-0.39, 0.29) is 25.9 Å². The van der Waals surface area contributed by atoms with Crippen LogP contribution in [0.4, 0.5) is 0 Å². The molecule has 0 bridgehead atoms. The summed E-state index contributed by atoms with van der Waals surface area (Å²) in [4.78, 5) is 8.19. The van der Waals surface area contributed by atoms with Gasteiger partial charge in [-0.05, 0) is 0 Å². The number of hydrogen-bond acceptors (Lipinski definition) is 3. The fourth-order valence-corrected chi connectivity index (χ4v) is 0.134. The van der Waals surface area contributed by atoms with E-state index < -0.39 is 20.1 Å². The van der Waals surface area contributed by atoms with Crippen LogP contribution in [0.1, 0.15) is 2.85 Å². The molecule has 0 unspecified atom stereocenters. The first kappa shape index (κ1) is 11.6. The Balaban J connectivity index is -0.0000000600. The number of aliphatic hydroxyl groups excluding tert-OH is 2. The van der Waals surface area contributed by atoms with Gasteiger partial charge in [-0.3, -0.25) is 4.57 Å². The molecule has 0 aliphatic carbocycles. The molecule has 8 heavy (non-hydrogen) atoms. The minimum absolute atomic E-state index is 0. The maximum atomic E-state index is 10.0. The van der Waals surface area contributed by atoms with Crippen molar-refractivity contribution in [3.63, 3.8) is 0 Å². The second-order valence-electron chi connectivity index (χ2n) is 1.13. The molecule has 6 heteroatoms. The van der Waals surface area contributed by atoms with Gasteiger partial charge in [0.2, 0.25) is 7.37 Å². The van der Waals surface area contributed by atoms with E-state index in [0.29, 0.717) is 0 Å². The van der Waals surface area contributed by atoms with Crippen molar-refractivity contribution in [3.8, 4) is 0 Å². The molecule has 0 aliphatic heterocycles. The van der Waals surface area contributed by atoms with Gasteiger partial charge < -0.3 is 18.0 Å². The van der Waals surface area contributed by atoms with Crippen LogP contribution in [0, 0.1) is 0 Å². The average Bonchev–Trinajstić information content (AvgIpc) is 1.68. The standard InChI is InChI=1S/C2H7O4P.Mg.2H/c3-1-7(5,6)2-4;;;/h3-4H,1-2H2,(H,5,6);;;/q;+2;2*-1. The summed E-state index contributed by atoms with van der Waals surface area (Å²) >= 11 is 0. The molecule has 0 aromatic heterocycles. The maximum absolute atomic E-state index is 10.0. The van der Waals surface area contributed by atoms with E-state index in [1.54, 1.807) is 0 Å². The van der Waals surface area contributed by atoms with E-state index in [1.165, 1.54) is 0 Å². The zero-order valence-electron chi connectivity index (χ0n) is 6.32. The van der Waals surface area contributed by atoms with E-state index in [0.717, 1.165) is 0 Å². The van der Waals surface area contributed by atoms with Gasteiger partial charge in [0.25, 0.3) is 0 Å². The molecular weight excluding hydrogens is 143 g/mol. The van der Waals surface area contributed by atoms with Gasteiger partial charge >= 0.3 is 23.1 Å². The van der Waals surface area contributed by atoms with Crippen LogP contribution in [-0.2, 0) is 4.57 Å². The molecular formula is C2H9MgO4P. The van der Waals surface area contributed by atoms with Crippen LogP contribution in [-0.4, -0.2) is 50.9 Å². The minimum atomic E-state index is -3.54. The third kappa shape index (κ3) is 5.02. The number of hydrogen-bond donors (Lipinski definition) is 3. The first-order chi connectivity index (χ1) is 3.12. The Hall–Kier alpha value is 0.876. The van der Waals surface area contributed by atoms with Gasteiger partial charge in [-0.25, -0.2) is 0 Å². The second-order valence-corrected chi connectivity index (χ2v) is 3.39. The molecule has 0 radical (unpaired) electrons. The van der Waals surface area contributed by atoms with Crippen LogP contribution in [0.15, 0.2) is 0 Å².